The van der Waals surface area contributed by atoms with Gasteiger partial charge in [-0.25, -0.2) is 21.6 Å². The largest absolute Gasteiger partial charge is 0.497 e. The van der Waals surface area contributed by atoms with Crippen LogP contribution in [0.2, 0.25) is 0 Å². The molecule has 1 aromatic heterocycles. The maximum Gasteiger partial charge on any atom is 0.261 e. The number of nitrogens with one attached hydrogen (secondary N) is 2. The molecule has 0 saturated heterocycles. The smallest absolute Gasteiger partial charge is 0.261 e. The maximum atomic E-state index is 12.5. The van der Waals surface area contributed by atoms with Crippen LogP contribution >= 0.6 is 0 Å². The Labute approximate surface area is 163 Å². The Balaban J connectivity index is 1.78. The van der Waals surface area contributed by atoms with Crippen LogP contribution in [0.3, 0.4) is 0 Å². The third-order valence-electron chi connectivity index (χ3n) is 3.78. The molecule has 0 aliphatic carbocycles. The van der Waals surface area contributed by atoms with E-state index in [-0.39, 0.29) is 22.0 Å². The quantitative estimate of drug-likeness (QED) is 0.577. The van der Waals surface area contributed by atoms with Crippen LogP contribution in [0.15, 0.2) is 81.1 Å². The first-order valence-electron chi connectivity index (χ1n) is 8.09. The lowest BCUT2D eigenvalue weighted by Gasteiger charge is -2.11. The minimum absolute atomic E-state index is 0.0167. The van der Waals surface area contributed by atoms with Crippen LogP contribution in [0.4, 0.5) is 5.69 Å². The molecule has 0 amide bonds. The summed E-state index contributed by atoms with van der Waals surface area (Å²) in [6, 6.07) is 14.7. The second-order valence-corrected chi connectivity index (χ2v) is 9.16. The molecule has 2 aromatic carbocycles. The van der Waals surface area contributed by atoms with Crippen LogP contribution < -0.4 is 14.2 Å². The highest BCUT2D eigenvalue weighted by Crippen LogP contribution is 2.21. The normalized spacial score (nSPS) is 11.9. The number of furan rings is 1. The first kappa shape index (κ1) is 19.9. The van der Waals surface area contributed by atoms with Crippen LogP contribution in [0.25, 0.3) is 0 Å². The molecular formula is C18H18N2O6S2. The number of benzene rings is 2. The lowest BCUT2D eigenvalue weighted by molar-refractivity contribution is 0.414. The third kappa shape index (κ3) is 4.71. The molecule has 8 nitrogen and oxygen atoms in total. The zero-order valence-corrected chi connectivity index (χ0v) is 16.5. The monoisotopic (exact) mass is 422 g/mol. The van der Waals surface area contributed by atoms with E-state index in [9.17, 15) is 16.8 Å². The number of hydrogen-bond donors (Lipinski definition) is 2. The topological polar surface area (TPSA) is 115 Å². The molecule has 0 spiro atoms. The van der Waals surface area contributed by atoms with Crippen molar-refractivity contribution in [2.75, 3.05) is 11.8 Å². The zero-order chi connectivity index (χ0) is 20.2. The van der Waals surface area contributed by atoms with Gasteiger partial charge in [0.15, 0.2) is 0 Å². The Morgan fingerprint density at radius 3 is 2.29 bits per heavy atom. The van der Waals surface area contributed by atoms with Crippen molar-refractivity contribution in [2.45, 2.75) is 16.3 Å². The van der Waals surface area contributed by atoms with Gasteiger partial charge in [-0.05, 0) is 54.6 Å². The van der Waals surface area contributed by atoms with E-state index in [0.29, 0.717) is 11.5 Å². The van der Waals surface area contributed by atoms with Crippen molar-refractivity contribution in [3.8, 4) is 5.75 Å². The van der Waals surface area contributed by atoms with Gasteiger partial charge in [-0.15, -0.1) is 0 Å². The van der Waals surface area contributed by atoms with Crippen molar-refractivity contribution < 1.29 is 26.0 Å². The number of hydrogen-bond acceptors (Lipinski definition) is 6. The SMILES string of the molecule is COc1ccc(S(=O)(=O)Nc2cccc(S(=O)(=O)NCc3ccco3)c2)cc1. The molecule has 3 rings (SSSR count). The van der Waals surface area contributed by atoms with Gasteiger partial charge in [-0.1, -0.05) is 6.07 Å². The summed E-state index contributed by atoms with van der Waals surface area (Å²) in [5.41, 5.74) is 0.122. The predicted octanol–water partition coefficient (Wildman–Crippen LogP) is 2.57. The highest BCUT2D eigenvalue weighted by Gasteiger charge is 2.18. The van der Waals surface area contributed by atoms with E-state index in [1.165, 1.54) is 61.9 Å². The van der Waals surface area contributed by atoms with Crippen LogP contribution in [-0.2, 0) is 26.6 Å². The van der Waals surface area contributed by atoms with Crippen LogP contribution in [0.1, 0.15) is 5.76 Å². The van der Waals surface area contributed by atoms with E-state index in [4.69, 9.17) is 9.15 Å². The van der Waals surface area contributed by atoms with Gasteiger partial charge in [0, 0.05) is 0 Å². The Hall–Kier alpha value is -2.82. The fourth-order valence-corrected chi connectivity index (χ4v) is 4.45. The van der Waals surface area contributed by atoms with Crippen molar-refractivity contribution >= 4 is 25.7 Å². The van der Waals surface area contributed by atoms with Crippen LogP contribution in [0, 0.1) is 0 Å². The van der Waals surface area contributed by atoms with Gasteiger partial charge in [0.05, 0.1) is 35.4 Å². The number of sulfonamides is 2. The molecule has 0 fully saturated rings. The molecular weight excluding hydrogens is 404 g/mol. The Morgan fingerprint density at radius 1 is 0.893 bits per heavy atom. The second-order valence-electron chi connectivity index (χ2n) is 5.71. The number of methoxy groups -OCH3 is 1. The van der Waals surface area contributed by atoms with Crippen LogP contribution in [-0.4, -0.2) is 23.9 Å². The molecule has 0 aliphatic heterocycles. The molecule has 10 heteroatoms. The Bertz CT molecular complexity index is 1140. The molecule has 0 aliphatic rings. The van der Waals surface area contributed by atoms with E-state index >= 15 is 0 Å². The molecule has 0 radical (unpaired) electrons. The molecule has 2 N–H and O–H groups in total. The maximum absolute atomic E-state index is 12.5. The van der Waals surface area contributed by atoms with Gasteiger partial charge >= 0.3 is 0 Å². The number of anilines is 1. The van der Waals surface area contributed by atoms with Gasteiger partial charge in [-0.2, -0.15) is 0 Å². The Kier molecular flexibility index (Phi) is 5.73. The number of rotatable bonds is 8. The summed E-state index contributed by atoms with van der Waals surface area (Å²) in [6.45, 7) is -0.0167. The lowest BCUT2D eigenvalue weighted by Crippen LogP contribution is -2.23. The van der Waals surface area contributed by atoms with Gasteiger partial charge < -0.3 is 9.15 Å². The third-order valence-corrected chi connectivity index (χ3v) is 6.58. The van der Waals surface area contributed by atoms with Crippen LogP contribution in [0.5, 0.6) is 5.75 Å². The van der Waals surface area contributed by atoms with Crippen molar-refractivity contribution in [1.29, 1.82) is 0 Å². The minimum atomic E-state index is -3.88. The predicted molar refractivity (Wildman–Crippen MR) is 103 cm³/mol. The zero-order valence-electron chi connectivity index (χ0n) is 14.8. The molecule has 1 heterocycles. The minimum Gasteiger partial charge on any atom is -0.497 e. The highest BCUT2D eigenvalue weighted by atomic mass is 32.2. The molecule has 0 atom stereocenters. The van der Waals surface area contributed by atoms with Crippen molar-refractivity contribution in [2.24, 2.45) is 0 Å². The molecule has 148 valence electrons. The molecule has 0 bridgehead atoms. The standard InChI is InChI=1S/C18H18N2O6S2/c1-25-15-7-9-17(10-8-15)28(23,24)20-14-4-2-6-18(12-14)27(21,22)19-13-16-5-3-11-26-16/h2-12,19-20H,13H2,1H3. The van der Waals surface area contributed by atoms with Gasteiger partial charge in [0.2, 0.25) is 10.0 Å². The molecule has 0 saturated carbocycles. The summed E-state index contributed by atoms with van der Waals surface area (Å²) in [4.78, 5) is -0.0495. The highest BCUT2D eigenvalue weighted by molar-refractivity contribution is 7.92. The second kappa shape index (κ2) is 8.05. The van der Waals surface area contributed by atoms with Crippen molar-refractivity contribution in [3.63, 3.8) is 0 Å². The molecule has 3 aromatic rings. The first-order valence-corrected chi connectivity index (χ1v) is 11.1. The van der Waals surface area contributed by atoms with Crippen molar-refractivity contribution in [1.82, 2.24) is 4.72 Å². The van der Waals surface area contributed by atoms with Gasteiger partial charge in [0.25, 0.3) is 10.0 Å². The Morgan fingerprint density at radius 2 is 1.64 bits per heavy atom. The number of ether oxygens (including phenoxy) is 1. The van der Waals surface area contributed by atoms with E-state index in [2.05, 4.69) is 9.44 Å². The van der Waals surface area contributed by atoms with Gasteiger partial charge in [0.1, 0.15) is 11.5 Å². The summed E-state index contributed by atoms with van der Waals surface area (Å²) in [5, 5.41) is 0. The van der Waals surface area contributed by atoms with E-state index in [0.717, 1.165) is 0 Å². The van der Waals surface area contributed by atoms with Gasteiger partial charge in [-0.3, -0.25) is 4.72 Å². The summed E-state index contributed by atoms with van der Waals surface area (Å²) in [5.74, 6) is 0.981. The average molecular weight is 422 g/mol. The lowest BCUT2D eigenvalue weighted by atomic mass is 10.3. The molecule has 0 unspecified atom stereocenters. The summed E-state index contributed by atoms with van der Waals surface area (Å²) in [7, 11) is -6.25. The fraction of sp³-hybridized carbons (Fsp3) is 0.111. The van der Waals surface area contributed by atoms with E-state index in [1.807, 2.05) is 0 Å². The van der Waals surface area contributed by atoms with Crippen molar-refractivity contribution in [3.05, 3.63) is 72.7 Å². The summed E-state index contributed by atoms with van der Waals surface area (Å²) >= 11 is 0. The van der Waals surface area contributed by atoms with E-state index in [1.54, 1.807) is 12.1 Å². The summed E-state index contributed by atoms with van der Waals surface area (Å²) in [6.07, 6.45) is 1.44. The van der Waals surface area contributed by atoms with E-state index < -0.39 is 20.0 Å². The molecule has 28 heavy (non-hydrogen) atoms. The fourth-order valence-electron chi connectivity index (χ4n) is 2.36. The summed E-state index contributed by atoms with van der Waals surface area (Å²) < 4.78 is 64.8. The average Bonchev–Trinajstić information content (AvgIpc) is 3.20. The first-order chi connectivity index (χ1) is 13.3.